The zero-order chi connectivity index (χ0) is 19.8. The van der Waals surface area contributed by atoms with E-state index < -0.39 is 0 Å². The van der Waals surface area contributed by atoms with Crippen molar-refractivity contribution in [3.8, 4) is 17.1 Å². The number of thioether (sulfide) groups is 1. The molecule has 6 heteroatoms. The Morgan fingerprint density at radius 3 is 2.39 bits per heavy atom. The van der Waals surface area contributed by atoms with E-state index in [9.17, 15) is 4.79 Å². The van der Waals surface area contributed by atoms with Gasteiger partial charge in [-0.2, -0.15) is 0 Å². The van der Waals surface area contributed by atoms with Gasteiger partial charge in [-0.3, -0.25) is 9.36 Å². The fraction of sp³-hybridized carbons (Fsp3) is 0.318. The monoisotopic (exact) mass is 394 g/mol. The summed E-state index contributed by atoms with van der Waals surface area (Å²) in [7, 11) is 0. The molecular weight excluding hydrogens is 368 g/mol. The van der Waals surface area contributed by atoms with Gasteiger partial charge in [-0.1, -0.05) is 74.1 Å². The predicted octanol–water partition coefficient (Wildman–Crippen LogP) is 4.58. The second kappa shape index (κ2) is 10.1. The number of benzene rings is 2. The lowest BCUT2D eigenvalue weighted by Crippen LogP contribution is -2.26. The first-order chi connectivity index (χ1) is 13.6. The molecule has 3 rings (SSSR count). The molecule has 2 aromatic carbocycles. The molecule has 0 saturated heterocycles. The fourth-order valence-corrected chi connectivity index (χ4v) is 3.65. The molecule has 1 amide bonds. The number of carbonyl (C=O) groups excluding carboxylic acids is 1. The van der Waals surface area contributed by atoms with Gasteiger partial charge in [0.1, 0.15) is 0 Å². The number of para-hydroxylation sites is 1. The van der Waals surface area contributed by atoms with Gasteiger partial charge < -0.3 is 5.32 Å². The topological polar surface area (TPSA) is 59.8 Å². The number of hydrogen-bond donors (Lipinski definition) is 1. The van der Waals surface area contributed by atoms with Gasteiger partial charge in [0.05, 0.1) is 5.75 Å². The van der Waals surface area contributed by atoms with Crippen LogP contribution in [0.5, 0.6) is 0 Å². The Kier molecular flexibility index (Phi) is 7.25. The highest BCUT2D eigenvalue weighted by Gasteiger charge is 2.16. The molecule has 0 unspecified atom stereocenters. The van der Waals surface area contributed by atoms with E-state index >= 15 is 0 Å². The normalized spacial score (nSPS) is 11.0. The van der Waals surface area contributed by atoms with Crippen molar-refractivity contribution in [1.82, 2.24) is 20.1 Å². The summed E-state index contributed by atoms with van der Waals surface area (Å²) < 4.78 is 2.01. The number of carbonyl (C=O) groups is 1. The van der Waals surface area contributed by atoms with Gasteiger partial charge >= 0.3 is 0 Å². The molecule has 0 saturated carbocycles. The SMILES string of the molecule is CC(C)CCCNC(=O)CSc1nnc(-c2ccccc2)n1-c1ccccc1. The van der Waals surface area contributed by atoms with Crippen molar-refractivity contribution in [1.29, 1.82) is 0 Å². The zero-order valence-corrected chi connectivity index (χ0v) is 17.2. The molecule has 3 aromatic rings. The van der Waals surface area contributed by atoms with Crippen LogP contribution in [-0.2, 0) is 4.79 Å². The summed E-state index contributed by atoms with van der Waals surface area (Å²) in [5, 5.41) is 12.5. The third kappa shape index (κ3) is 5.45. The number of nitrogens with zero attached hydrogens (tertiary/aromatic N) is 3. The van der Waals surface area contributed by atoms with E-state index in [4.69, 9.17) is 0 Å². The summed E-state index contributed by atoms with van der Waals surface area (Å²) in [6.45, 7) is 5.11. The maximum absolute atomic E-state index is 12.2. The second-order valence-electron chi connectivity index (χ2n) is 7.02. The molecular formula is C22H26N4OS. The van der Waals surface area contributed by atoms with Crippen LogP contribution in [0, 0.1) is 5.92 Å². The smallest absolute Gasteiger partial charge is 0.230 e. The van der Waals surface area contributed by atoms with Gasteiger partial charge in [0.25, 0.3) is 0 Å². The van der Waals surface area contributed by atoms with E-state index in [-0.39, 0.29) is 5.91 Å². The van der Waals surface area contributed by atoms with E-state index in [1.54, 1.807) is 0 Å². The summed E-state index contributed by atoms with van der Waals surface area (Å²) >= 11 is 1.41. The van der Waals surface area contributed by atoms with Gasteiger partial charge in [-0.25, -0.2) is 0 Å². The largest absolute Gasteiger partial charge is 0.355 e. The van der Waals surface area contributed by atoms with Gasteiger partial charge in [-0.05, 0) is 30.9 Å². The molecule has 0 radical (unpaired) electrons. The van der Waals surface area contributed by atoms with Crippen LogP contribution >= 0.6 is 11.8 Å². The van der Waals surface area contributed by atoms with Crippen LogP contribution in [0.2, 0.25) is 0 Å². The van der Waals surface area contributed by atoms with Crippen LogP contribution in [0.3, 0.4) is 0 Å². The van der Waals surface area contributed by atoms with Gasteiger partial charge in [0.15, 0.2) is 11.0 Å². The van der Waals surface area contributed by atoms with Crippen molar-refractivity contribution in [2.24, 2.45) is 5.92 Å². The summed E-state index contributed by atoms with van der Waals surface area (Å²) in [4.78, 5) is 12.2. The lowest BCUT2D eigenvalue weighted by molar-refractivity contribution is -0.118. The number of aromatic nitrogens is 3. The lowest BCUT2D eigenvalue weighted by Gasteiger charge is -2.10. The minimum absolute atomic E-state index is 0.0256. The average molecular weight is 395 g/mol. The molecule has 146 valence electrons. The molecule has 0 aliphatic heterocycles. The number of nitrogens with one attached hydrogen (secondary N) is 1. The molecule has 0 fully saturated rings. The average Bonchev–Trinajstić information content (AvgIpc) is 3.15. The van der Waals surface area contributed by atoms with E-state index in [0.717, 1.165) is 36.5 Å². The van der Waals surface area contributed by atoms with Crippen molar-refractivity contribution in [2.75, 3.05) is 12.3 Å². The Balaban J connectivity index is 1.73. The third-order valence-electron chi connectivity index (χ3n) is 4.29. The molecule has 0 spiro atoms. The molecule has 0 bridgehead atoms. The Bertz CT molecular complexity index is 878. The minimum Gasteiger partial charge on any atom is -0.355 e. The third-order valence-corrected chi connectivity index (χ3v) is 5.22. The Morgan fingerprint density at radius 1 is 1.04 bits per heavy atom. The highest BCUT2D eigenvalue weighted by molar-refractivity contribution is 7.99. The zero-order valence-electron chi connectivity index (χ0n) is 16.3. The van der Waals surface area contributed by atoms with Crippen molar-refractivity contribution < 1.29 is 4.79 Å². The van der Waals surface area contributed by atoms with Crippen molar-refractivity contribution in [3.63, 3.8) is 0 Å². The molecule has 0 aliphatic carbocycles. The van der Waals surface area contributed by atoms with Crippen LogP contribution in [0.15, 0.2) is 65.8 Å². The number of hydrogen-bond acceptors (Lipinski definition) is 4. The van der Waals surface area contributed by atoms with Crippen molar-refractivity contribution >= 4 is 17.7 Å². The first kappa shape index (κ1) is 20.1. The Labute approximate surface area is 170 Å². The van der Waals surface area contributed by atoms with Crippen LogP contribution in [-0.4, -0.2) is 33.0 Å². The summed E-state index contributed by atoms with van der Waals surface area (Å²) in [6, 6.07) is 20.0. The van der Waals surface area contributed by atoms with Crippen LogP contribution < -0.4 is 5.32 Å². The van der Waals surface area contributed by atoms with Crippen LogP contribution in [0.4, 0.5) is 0 Å². The summed E-state index contributed by atoms with van der Waals surface area (Å²) in [5.74, 6) is 1.78. The maximum atomic E-state index is 12.2. The standard InChI is InChI=1S/C22H26N4OS/c1-17(2)10-9-15-23-20(27)16-28-22-25-24-21(18-11-5-3-6-12-18)26(22)19-13-7-4-8-14-19/h3-8,11-14,17H,9-10,15-16H2,1-2H3,(H,23,27). The quantitative estimate of drug-likeness (QED) is 0.426. The first-order valence-corrected chi connectivity index (χ1v) is 10.6. The number of amides is 1. The molecule has 0 atom stereocenters. The van der Waals surface area contributed by atoms with Crippen LogP contribution in [0.25, 0.3) is 17.1 Å². The van der Waals surface area contributed by atoms with E-state index in [2.05, 4.69) is 29.4 Å². The van der Waals surface area contributed by atoms with Gasteiger partial charge in [0.2, 0.25) is 5.91 Å². The molecule has 1 heterocycles. The molecule has 1 aromatic heterocycles. The molecule has 5 nitrogen and oxygen atoms in total. The minimum atomic E-state index is 0.0256. The van der Waals surface area contributed by atoms with Crippen molar-refractivity contribution in [2.45, 2.75) is 31.8 Å². The highest BCUT2D eigenvalue weighted by atomic mass is 32.2. The number of rotatable bonds is 9. The Morgan fingerprint density at radius 2 is 1.71 bits per heavy atom. The maximum Gasteiger partial charge on any atom is 0.230 e. The van der Waals surface area contributed by atoms with E-state index in [1.807, 2.05) is 65.2 Å². The summed E-state index contributed by atoms with van der Waals surface area (Å²) in [5.41, 5.74) is 1.97. The lowest BCUT2D eigenvalue weighted by atomic mass is 10.1. The molecule has 0 aliphatic rings. The highest BCUT2D eigenvalue weighted by Crippen LogP contribution is 2.27. The molecule has 1 N–H and O–H groups in total. The second-order valence-corrected chi connectivity index (χ2v) is 7.96. The summed E-state index contributed by atoms with van der Waals surface area (Å²) in [6.07, 6.45) is 2.13. The van der Waals surface area contributed by atoms with Gasteiger partial charge in [0, 0.05) is 17.8 Å². The molecule has 28 heavy (non-hydrogen) atoms. The fourth-order valence-electron chi connectivity index (χ4n) is 2.87. The van der Waals surface area contributed by atoms with E-state index in [0.29, 0.717) is 16.8 Å². The first-order valence-electron chi connectivity index (χ1n) is 9.61. The Hall–Kier alpha value is -2.60. The van der Waals surface area contributed by atoms with E-state index in [1.165, 1.54) is 11.8 Å². The van der Waals surface area contributed by atoms with Gasteiger partial charge in [-0.15, -0.1) is 10.2 Å². The predicted molar refractivity (Wildman–Crippen MR) is 115 cm³/mol. The van der Waals surface area contributed by atoms with Crippen molar-refractivity contribution in [3.05, 3.63) is 60.7 Å². The van der Waals surface area contributed by atoms with Crippen LogP contribution in [0.1, 0.15) is 26.7 Å².